The van der Waals surface area contributed by atoms with E-state index in [1.807, 2.05) is 55.6 Å². The average Bonchev–Trinajstić information content (AvgIpc) is 3.12. The summed E-state index contributed by atoms with van der Waals surface area (Å²) >= 11 is 0. The second-order valence-corrected chi connectivity index (χ2v) is 7.27. The van der Waals surface area contributed by atoms with E-state index >= 15 is 0 Å². The second kappa shape index (κ2) is 9.02. The molecule has 6 nitrogen and oxygen atoms in total. The first kappa shape index (κ1) is 21.4. The molecule has 0 bridgehead atoms. The summed E-state index contributed by atoms with van der Waals surface area (Å²) in [5, 5.41) is 26.4. The molecular formula is C23H24ClN5O. The summed E-state index contributed by atoms with van der Waals surface area (Å²) < 4.78 is 0. The van der Waals surface area contributed by atoms with Gasteiger partial charge in [-0.25, -0.2) is 4.99 Å². The van der Waals surface area contributed by atoms with Gasteiger partial charge >= 0.3 is 0 Å². The number of hydrazone groups is 1. The third-order valence-corrected chi connectivity index (χ3v) is 5.14. The number of rotatable bonds is 5. The van der Waals surface area contributed by atoms with E-state index in [9.17, 15) is 10.4 Å². The molecule has 2 aromatic carbocycles. The Balaban J connectivity index is 0.00000256. The highest BCUT2D eigenvalue weighted by atomic mass is 35.5. The fourth-order valence-corrected chi connectivity index (χ4v) is 3.69. The third kappa shape index (κ3) is 4.03. The first-order chi connectivity index (χ1) is 14.1. The van der Waals surface area contributed by atoms with E-state index in [0.29, 0.717) is 24.6 Å². The normalized spacial score (nSPS) is 15.2. The number of aliphatic imine (C=N–C) groups is 1. The van der Waals surface area contributed by atoms with Gasteiger partial charge in [0.2, 0.25) is 5.88 Å². The fraction of sp³-hybridized carbons (Fsp3) is 0.261. The maximum absolute atomic E-state index is 10.9. The van der Waals surface area contributed by atoms with Crippen molar-refractivity contribution in [2.24, 2.45) is 10.1 Å². The summed E-state index contributed by atoms with van der Waals surface area (Å²) in [5.41, 5.74) is 5.43. The average molecular weight is 422 g/mol. The minimum Gasteiger partial charge on any atom is -0.494 e. The molecular weight excluding hydrogens is 398 g/mol. The van der Waals surface area contributed by atoms with Gasteiger partial charge in [-0.05, 0) is 29.2 Å². The number of halogens is 1. The maximum Gasteiger partial charge on any atom is 0.251 e. The highest BCUT2D eigenvalue weighted by Gasteiger charge is 2.32. The molecule has 2 aliphatic rings. The van der Waals surface area contributed by atoms with Gasteiger partial charge in [-0.15, -0.1) is 17.5 Å². The van der Waals surface area contributed by atoms with Crippen LogP contribution in [0.15, 0.2) is 70.1 Å². The van der Waals surface area contributed by atoms with Crippen LogP contribution in [0.4, 0.5) is 0 Å². The molecule has 4 rings (SSSR count). The van der Waals surface area contributed by atoms with Crippen molar-refractivity contribution >= 4 is 24.1 Å². The first-order valence-corrected chi connectivity index (χ1v) is 9.76. The summed E-state index contributed by atoms with van der Waals surface area (Å²) in [7, 11) is 1.87. The Morgan fingerprint density at radius 1 is 1.13 bits per heavy atom. The Morgan fingerprint density at radius 2 is 1.87 bits per heavy atom. The Hall–Kier alpha value is -3.30. The predicted molar refractivity (Wildman–Crippen MR) is 121 cm³/mol. The van der Waals surface area contributed by atoms with Gasteiger partial charge in [-0.1, -0.05) is 55.8 Å². The molecule has 0 fully saturated rings. The molecule has 7 heteroatoms. The number of hydrogen-bond donors (Lipinski definition) is 1. The van der Waals surface area contributed by atoms with Crippen molar-refractivity contribution in [2.45, 2.75) is 26.2 Å². The Bertz CT molecular complexity index is 1070. The van der Waals surface area contributed by atoms with Gasteiger partial charge in [-0.3, -0.25) is 9.91 Å². The molecule has 2 aliphatic heterocycles. The van der Waals surface area contributed by atoms with Crippen molar-refractivity contribution in [3.63, 3.8) is 0 Å². The zero-order valence-electron chi connectivity index (χ0n) is 17.0. The monoisotopic (exact) mass is 421 g/mol. The Morgan fingerprint density at radius 3 is 2.57 bits per heavy atom. The van der Waals surface area contributed by atoms with Crippen LogP contribution in [-0.4, -0.2) is 40.4 Å². The van der Waals surface area contributed by atoms with Gasteiger partial charge in [0, 0.05) is 19.0 Å². The molecule has 0 saturated carbocycles. The van der Waals surface area contributed by atoms with Gasteiger partial charge in [-0.2, -0.15) is 5.26 Å². The van der Waals surface area contributed by atoms with Crippen LogP contribution in [-0.2, 0) is 6.42 Å². The zero-order chi connectivity index (χ0) is 20.4. The number of nitriles is 1. The molecule has 0 aromatic heterocycles. The number of nitrogens with zero attached hydrogens (tertiary/aromatic N) is 5. The van der Waals surface area contributed by atoms with Crippen molar-refractivity contribution in [1.29, 1.82) is 5.26 Å². The van der Waals surface area contributed by atoms with E-state index < -0.39 is 0 Å². The molecule has 0 aliphatic carbocycles. The topological polar surface area (TPSA) is 75.2 Å². The van der Waals surface area contributed by atoms with E-state index in [1.54, 1.807) is 9.91 Å². The van der Waals surface area contributed by atoms with Crippen molar-refractivity contribution in [2.75, 3.05) is 13.7 Å². The number of aliphatic hydroxyl groups excluding tert-OH is 1. The zero-order valence-corrected chi connectivity index (χ0v) is 17.9. The van der Waals surface area contributed by atoms with Crippen LogP contribution in [0.1, 0.15) is 30.9 Å². The molecule has 2 heterocycles. The minimum absolute atomic E-state index is 0. The maximum atomic E-state index is 10.9. The number of benzene rings is 2. The van der Waals surface area contributed by atoms with Crippen molar-refractivity contribution in [3.8, 4) is 17.2 Å². The van der Waals surface area contributed by atoms with Crippen LogP contribution >= 0.6 is 12.4 Å². The molecule has 0 spiro atoms. The molecule has 0 radical (unpaired) electrons. The Kier molecular flexibility index (Phi) is 6.43. The number of fused-ring (bicyclic) bond motifs is 1. The van der Waals surface area contributed by atoms with E-state index in [0.717, 1.165) is 40.8 Å². The predicted octanol–water partition coefficient (Wildman–Crippen LogP) is 4.69. The minimum atomic E-state index is 0. The van der Waals surface area contributed by atoms with E-state index in [4.69, 9.17) is 4.99 Å². The number of guanidine groups is 1. The quantitative estimate of drug-likeness (QED) is 0.759. The van der Waals surface area contributed by atoms with Gasteiger partial charge in [0.1, 0.15) is 6.67 Å². The molecule has 0 atom stereocenters. The summed E-state index contributed by atoms with van der Waals surface area (Å²) in [4.78, 5) is 6.44. The van der Waals surface area contributed by atoms with Gasteiger partial charge in [0.15, 0.2) is 0 Å². The lowest BCUT2D eigenvalue weighted by Gasteiger charge is -2.25. The van der Waals surface area contributed by atoms with E-state index in [1.165, 1.54) is 0 Å². The molecule has 154 valence electrons. The van der Waals surface area contributed by atoms with E-state index in [2.05, 4.69) is 18.1 Å². The Labute approximate surface area is 182 Å². The molecule has 0 unspecified atom stereocenters. The molecule has 30 heavy (non-hydrogen) atoms. The molecule has 0 amide bonds. The van der Waals surface area contributed by atoms with Crippen LogP contribution in [0.5, 0.6) is 0 Å². The van der Waals surface area contributed by atoms with Gasteiger partial charge in [0.25, 0.3) is 5.96 Å². The summed E-state index contributed by atoms with van der Waals surface area (Å²) in [5.74, 6) is 0.797. The SMILES string of the molecule is CCCC1=NC2=NN(C)CN2C(O)=C1Cc1ccc(-c2ccccc2C#N)cc1.Cl. The lowest BCUT2D eigenvalue weighted by Crippen LogP contribution is -2.35. The molecule has 2 aromatic rings. The number of allylic oxidation sites excluding steroid dienone is 1. The van der Waals surface area contributed by atoms with Crippen LogP contribution in [0.2, 0.25) is 0 Å². The molecule has 0 saturated heterocycles. The summed E-state index contributed by atoms with van der Waals surface area (Å²) in [6.45, 7) is 2.60. The van der Waals surface area contributed by atoms with E-state index in [-0.39, 0.29) is 18.3 Å². The first-order valence-electron chi connectivity index (χ1n) is 9.76. The van der Waals surface area contributed by atoms with Gasteiger partial charge in [0.05, 0.1) is 17.3 Å². The molecule has 1 N–H and O–H groups in total. The van der Waals surface area contributed by atoms with Crippen LogP contribution in [0, 0.1) is 11.3 Å². The van der Waals surface area contributed by atoms with Crippen molar-refractivity contribution in [3.05, 3.63) is 71.1 Å². The van der Waals surface area contributed by atoms with Crippen molar-refractivity contribution in [1.82, 2.24) is 9.91 Å². The summed E-state index contributed by atoms with van der Waals surface area (Å²) in [6.07, 6.45) is 2.34. The second-order valence-electron chi connectivity index (χ2n) is 7.27. The highest BCUT2D eigenvalue weighted by Crippen LogP contribution is 2.28. The lowest BCUT2D eigenvalue weighted by atomic mass is 9.95. The lowest BCUT2D eigenvalue weighted by molar-refractivity contribution is 0.219. The standard InChI is InChI=1S/C23H23N5O.ClH/c1-3-6-21-20(22(29)28-15-27(2)26-23(28)25-21)13-16-9-11-17(12-10-16)19-8-5-4-7-18(19)14-24;/h4-5,7-12,29H,3,6,13,15H2,1-2H3;1H. The number of hydrogen-bond acceptors (Lipinski definition) is 6. The smallest absolute Gasteiger partial charge is 0.251 e. The fourth-order valence-electron chi connectivity index (χ4n) is 3.69. The van der Waals surface area contributed by atoms with Crippen LogP contribution < -0.4 is 0 Å². The highest BCUT2D eigenvalue weighted by molar-refractivity contribution is 6.10. The number of aliphatic hydroxyl groups is 1. The third-order valence-electron chi connectivity index (χ3n) is 5.14. The largest absolute Gasteiger partial charge is 0.494 e. The summed E-state index contributed by atoms with van der Waals surface area (Å²) in [6, 6.07) is 18.0. The van der Waals surface area contributed by atoms with Gasteiger partial charge < -0.3 is 5.11 Å². The van der Waals surface area contributed by atoms with Crippen LogP contribution in [0.25, 0.3) is 11.1 Å². The van der Waals surface area contributed by atoms with Crippen LogP contribution in [0.3, 0.4) is 0 Å². The van der Waals surface area contributed by atoms with Crippen molar-refractivity contribution < 1.29 is 5.11 Å².